The summed E-state index contributed by atoms with van der Waals surface area (Å²) in [6.07, 6.45) is -0.736. The molecule has 0 aliphatic carbocycles. The number of nitrogens with one attached hydrogen (secondary N) is 1. The first-order valence-corrected chi connectivity index (χ1v) is 6.60. The number of nitriles is 2. The number of carbonyl (C=O) groups is 1. The summed E-state index contributed by atoms with van der Waals surface area (Å²) in [4.78, 5) is 12.1. The number of amides is 1. The van der Waals surface area contributed by atoms with Crippen LogP contribution in [0.1, 0.15) is 18.1 Å². The molecule has 1 N–H and O–H groups in total. The third-order valence-electron chi connectivity index (χ3n) is 2.90. The van der Waals surface area contributed by atoms with Gasteiger partial charge in [-0.25, -0.2) is 0 Å². The van der Waals surface area contributed by atoms with E-state index in [0.717, 1.165) is 0 Å². The van der Waals surface area contributed by atoms with Crippen LogP contribution < -0.4 is 10.1 Å². The van der Waals surface area contributed by atoms with Gasteiger partial charge in [0.05, 0.1) is 23.3 Å². The molecule has 0 heterocycles. The van der Waals surface area contributed by atoms with Gasteiger partial charge < -0.3 is 10.1 Å². The zero-order chi connectivity index (χ0) is 15.9. The third-order valence-corrected chi connectivity index (χ3v) is 2.90. The van der Waals surface area contributed by atoms with Gasteiger partial charge >= 0.3 is 0 Å². The molecule has 1 amide bonds. The summed E-state index contributed by atoms with van der Waals surface area (Å²) in [7, 11) is 0. The molecule has 0 aliphatic heterocycles. The molecule has 108 valence electrons. The Labute approximate surface area is 128 Å². The van der Waals surface area contributed by atoms with Crippen molar-refractivity contribution < 1.29 is 9.53 Å². The summed E-state index contributed by atoms with van der Waals surface area (Å²) in [5, 5.41) is 20.4. The van der Waals surface area contributed by atoms with E-state index in [2.05, 4.69) is 5.32 Å². The molecule has 5 nitrogen and oxygen atoms in total. The minimum absolute atomic E-state index is 0.336. The Morgan fingerprint density at radius 2 is 1.73 bits per heavy atom. The van der Waals surface area contributed by atoms with E-state index in [9.17, 15) is 4.79 Å². The van der Waals surface area contributed by atoms with Crippen molar-refractivity contribution in [3.8, 4) is 17.9 Å². The topological polar surface area (TPSA) is 85.9 Å². The van der Waals surface area contributed by atoms with E-state index < -0.39 is 6.10 Å². The van der Waals surface area contributed by atoms with Gasteiger partial charge in [0.25, 0.3) is 5.91 Å². The van der Waals surface area contributed by atoms with Gasteiger partial charge in [-0.05, 0) is 43.3 Å². The lowest BCUT2D eigenvalue weighted by atomic mass is 10.2. The summed E-state index contributed by atoms with van der Waals surface area (Å²) >= 11 is 0. The Morgan fingerprint density at radius 1 is 1.09 bits per heavy atom. The molecule has 0 saturated heterocycles. The molecular formula is C17H13N3O2. The fourth-order valence-corrected chi connectivity index (χ4v) is 1.81. The Morgan fingerprint density at radius 3 is 2.41 bits per heavy atom. The van der Waals surface area contributed by atoms with Crippen molar-refractivity contribution in [2.75, 3.05) is 5.32 Å². The molecule has 2 aromatic rings. The molecule has 0 fully saturated rings. The summed E-state index contributed by atoms with van der Waals surface area (Å²) in [5.41, 5.74) is 1.46. The number of nitrogens with zero attached hydrogens (tertiary/aromatic N) is 2. The highest BCUT2D eigenvalue weighted by Crippen LogP contribution is 2.16. The molecule has 22 heavy (non-hydrogen) atoms. The van der Waals surface area contributed by atoms with Crippen LogP contribution in [-0.4, -0.2) is 12.0 Å². The summed E-state index contributed by atoms with van der Waals surface area (Å²) in [5.74, 6) is 0.116. The number of benzene rings is 2. The predicted octanol–water partition coefficient (Wildman–Crippen LogP) is 2.84. The van der Waals surface area contributed by atoms with E-state index in [1.165, 1.54) is 0 Å². The molecule has 0 unspecified atom stereocenters. The molecule has 5 heteroatoms. The summed E-state index contributed by atoms with van der Waals surface area (Å²) in [6.45, 7) is 1.61. The highest BCUT2D eigenvalue weighted by molar-refractivity contribution is 5.94. The average molecular weight is 291 g/mol. The van der Waals surface area contributed by atoms with Crippen LogP contribution in [0.2, 0.25) is 0 Å². The van der Waals surface area contributed by atoms with Crippen molar-refractivity contribution in [1.29, 1.82) is 10.5 Å². The van der Waals surface area contributed by atoms with E-state index in [4.69, 9.17) is 15.3 Å². The monoisotopic (exact) mass is 291 g/mol. The molecular weight excluding hydrogens is 278 g/mol. The van der Waals surface area contributed by atoms with Crippen LogP contribution in [0.4, 0.5) is 5.69 Å². The van der Waals surface area contributed by atoms with Gasteiger partial charge in [0.1, 0.15) is 5.75 Å². The van der Waals surface area contributed by atoms with Gasteiger partial charge in [-0.3, -0.25) is 4.79 Å². The quantitative estimate of drug-likeness (QED) is 0.938. The van der Waals surface area contributed by atoms with E-state index in [1.807, 2.05) is 12.1 Å². The molecule has 2 rings (SSSR count). The maximum atomic E-state index is 12.1. The highest BCUT2D eigenvalue weighted by Gasteiger charge is 2.15. The molecule has 1 atom stereocenters. The molecule has 0 saturated carbocycles. The van der Waals surface area contributed by atoms with Crippen LogP contribution in [0.25, 0.3) is 0 Å². The van der Waals surface area contributed by atoms with Crippen LogP contribution in [0.5, 0.6) is 5.75 Å². The van der Waals surface area contributed by atoms with Gasteiger partial charge in [-0.15, -0.1) is 0 Å². The first-order valence-electron chi connectivity index (χ1n) is 6.60. The standard InChI is InChI=1S/C17H13N3O2/c1-12(22-16-7-3-5-14(9-16)11-19)17(21)20-15-6-2-4-13(8-15)10-18/h2-9,12H,1H3,(H,20,21)/t12-/m1/s1. The van der Waals surface area contributed by atoms with Crippen molar-refractivity contribution in [2.24, 2.45) is 0 Å². The largest absolute Gasteiger partial charge is 0.481 e. The lowest BCUT2D eigenvalue weighted by Gasteiger charge is -2.15. The SMILES string of the molecule is C[C@@H](Oc1cccc(C#N)c1)C(=O)Nc1cccc(C#N)c1. The molecule has 0 aliphatic rings. The zero-order valence-corrected chi connectivity index (χ0v) is 11.9. The van der Waals surface area contributed by atoms with Crippen molar-refractivity contribution in [1.82, 2.24) is 0 Å². The van der Waals surface area contributed by atoms with Crippen LogP contribution in [0.15, 0.2) is 48.5 Å². The molecule has 0 aromatic heterocycles. The molecule has 0 radical (unpaired) electrons. The van der Waals surface area contributed by atoms with Crippen molar-refractivity contribution in [2.45, 2.75) is 13.0 Å². The zero-order valence-electron chi connectivity index (χ0n) is 11.9. The number of carbonyl (C=O) groups excluding carboxylic acids is 1. The van der Waals surface area contributed by atoms with Gasteiger partial charge in [0.2, 0.25) is 0 Å². The lowest BCUT2D eigenvalue weighted by molar-refractivity contribution is -0.122. The molecule has 0 bridgehead atoms. The second-order valence-electron chi connectivity index (χ2n) is 4.58. The second kappa shape index (κ2) is 6.92. The number of hydrogen-bond acceptors (Lipinski definition) is 4. The fraction of sp³-hybridized carbons (Fsp3) is 0.118. The lowest BCUT2D eigenvalue weighted by Crippen LogP contribution is -2.30. The Kier molecular flexibility index (Phi) is 4.74. The van der Waals surface area contributed by atoms with E-state index in [1.54, 1.807) is 55.5 Å². The Balaban J connectivity index is 2.03. The van der Waals surface area contributed by atoms with Crippen LogP contribution in [0.3, 0.4) is 0 Å². The van der Waals surface area contributed by atoms with Crippen LogP contribution >= 0.6 is 0 Å². The summed E-state index contributed by atoms with van der Waals surface area (Å²) < 4.78 is 5.52. The van der Waals surface area contributed by atoms with Crippen molar-refractivity contribution in [3.63, 3.8) is 0 Å². The Bertz CT molecular complexity index is 772. The molecule has 2 aromatic carbocycles. The van der Waals surface area contributed by atoms with Gasteiger partial charge in [-0.2, -0.15) is 10.5 Å². The van der Waals surface area contributed by atoms with E-state index in [0.29, 0.717) is 22.6 Å². The maximum Gasteiger partial charge on any atom is 0.265 e. The second-order valence-corrected chi connectivity index (χ2v) is 4.58. The van der Waals surface area contributed by atoms with Gasteiger partial charge in [0, 0.05) is 5.69 Å². The Hall–Kier alpha value is -3.31. The van der Waals surface area contributed by atoms with E-state index in [-0.39, 0.29) is 5.91 Å². The van der Waals surface area contributed by atoms with E-state index >= 15 is 0 Å². The number of hydrogen-bond donors (Lipinski definition) is 1. The molecule has 0 spiro atoms. The summed E-state index contributed by atoms with van der Waals surface area (Å²) in [6, 6.07) is 17.2. The van der Waals surface area contributed by atoms with Crippen LogP contribution in [0, 0.1) is 22.7 Å². The van der Waals surface area contributed by atoms with Gasteiger partial charge in [-0.1, -0.05) is 12.1 Å². The first kappa shape index (κ1) is 15.1. The van der Waals surface area contributed by atoms with Crippen LogP contribution in [-0.2, 0) is 4.79 Å². The minimum Gasteiger partial charge on any atom is -0.481 e. The van der Waals surface area contributed by atoms with Crippen molar-refractivity contribution >= 4 is 11.6 Å². The smallest absolute Gasteiger partial charge is 0.265 e. The van der Waals surface area contributed by atoms with Gasteiger partial charge in [0.15, 0.2) is 6.10 Å². The fourth-order valence-electron chi connectivity index (χ4n) is 1.81. The third kappa shape index (κ3) is 3.84. The number of anilines is 1. The maximum absolute atomic E-state index is 12.1. The minimum atomic E-state index is -0.736. The highest BCUT2D eigenvalue weighted by atomic mass is 16.5. The first-order chi connectivity index (χ1) is 10.6. The number of rotatable bonds is 4. The van der Waals surface area contributed by atoms with Crippen molar-refractivity contribution in [3.05, 3.63) is 59.7 Å². The normalized spacial score (nSPS) is 10.9. The average Bonchev–Trinajstić information content (AvgIpc) is 2.55. The number of ether oxygens (including phenoxy) is 1. The predicted molar refractivity (Wildman–Crippen MR) is 81.0 cm³/mol.